The van der Waals surface area contributed by atoms with E-state index in [1.165, 1.54) is 6.92 Å². The van der Waals surface area contributed by atoms with E-state index in [9.17, 15) is 4.79 Å². The van der Waals surface area contributed by atoms with Crippen molar-refractivity contribution in [2.75, 3.05) is 6.61 Å². The second-order valence-electron chi connectivity index (χ2n) is 21.1. The van der Waals surface area contributed by atoms with Crippen molar-refractivity contribution in [2.24, 2.45) is 0 Å². The lowest BCUT2D eigenvalue weighted by molar-refractivity contribution is -0.364. The number of fused-ring (bicyclic) bond motifs is 1. The molecule has 2 aromatic rings. The molecule has 2 aromatic carbocycles. The fourth-order valence-corrected chi connectivity index (χ4v) is 10.6. The van der Waals surface area contributed by atoms with Crippen molar-refractivity contribution < 1.29 is 46.5 Å². The Bertz CT molecular complexity index is 1700. The summed E-state index contributed by atoms with van der Waals surface area (Å²) in [5.41, 5.74) is 1.93. The maximum Gasteiger partial charge on any atom is 0.303 e. The zero-order valence-corrected chi connectivity index (χ0v) is 41.7. The Morgan fingerprint density at radius 3 is 1.66 bits per heavy atom. The van der Waals surface area contributed by atoms with Crippen LogP contribution in [0.1, 0.15) is 86.7 Å². The van der Waals surface area contributed by atoms with E-state index in [1.54, 1.807) is 0 Å². The lowest BCUT2D eigenvalue weighted by atomic mass is 9.94. The van der Waals surface area contributed by atoms with E-state index in [-0.39, 0.29) is 21.7 Å². The smallest absolute Gasteiger partial charge is 0.303 e. The molecule has 2 heterocycles. The van der Waals surface area contributed by atoms with Crippen LogP contribution >= 0.6 is 0 Å². The Morgan fingerprint density at radius 2 is 1.14 bits per heavy atom. The standard InChI is InChI=1S/C46H74O10Si3/c1-31(47)50-35-28-27-34(37(48-29-32-23-19-17-20-24-32)39(35)54-57(11,12)44(2,3)4)51-43-41(56-59(15,16)46(8,9)10)40(55-58(13,14)45(5,6)7)38-36(52-43)30-49-42(53-38)33-25-21-18-22-26-33/h17-28,34-43H,29-30H2,1-16H3/t34-,35-,36-,37+,38-,39+,40+,41-,42-,43-/m1/s1. The van der Waals surface area contributed by atoms with Gasteiger partial charge in [0.15, 0.2) is 37.5 Å². The summed E-state index contributed by atoms with van der Waals surface area (Å²) in [7, 11) is -7.42. The van der Waals surface area contributed by atoms with Crippen molar-refractivity contribution in [3.05, 3.63) is 83.9 Å². The highest BCUT2D eigenvalue weighted by molar-refractivity contribution is 6.75. The Balaban J connectivity index is 1.61. The molecule has 2 fully saturated rings. The molecule has 3 aliphatic rings. The number of carbonyl (C=O) groups excluding carboxylic acids is 1. The van der Waals surface area contributed by atoms with Crippen LogP contribution in [0.5, 0.6) is 0 Å². The quantitative estimate of drug-likeness (QED) is 0.110. The molecular weight excluding hydrogens is 797 g/mol. The van der Waals surface area contributed by atoms with Gasteiger partial charge < -0.3 is 41.7 Å². The Labute approximate surface area is 358 Å². The highest BCUT2D eigenvalue weighted by Crippen LogP contribution is 2.47. The zero-order chi connectivity index (χ0) is 43.8. The van der Waals surface area contributed by atoms with E-state index in [0.717, 1.165) is 11.1 Å². The van der Waals surface area contributed by atoms with Gasteiger partial charge in [0.2, 0.25) is 0 Å². The molecule has 2 aliphatic heterocycles. The Hall–Kier alpha value is -2.02. The number of hydrogen-bond donors (Lipinski definition) is 0. The summed E-state index contributed by atoms with van der Waals surface area (Å²) in [6, 6.07) is 20.0. The minimum Gasteiger partial charge on any atom is -0.455 e. The zero-order valence-electron chi connectivity index (χ0n) is 38.7. The monoisotopic (exact) mass is 870 g/mol. The van der Waals surface area contributed by atoms with Crippen molar-refractivity contribution >= 4 is 30.9 Å². The number of ether oxygens (including phenoxy) is 6. The molecule has 1 aliphatic carbocycles. The molecule has 0 unspecified atom stereocenters. The van der Waals surface area contributed by atoms with Crippen LogP contribution in [0.15, 0.2) is 72.8 Å². The highest BCUT2D eigenvalue weighted by Gasteiger charge is 2.58. The minimum atomic E-state index is -2.51. The van der Waals surface area contributed by atoms with Gasteiger partial charge in [0.05, 0.1) is 13.2 Å². The first-order chi connectivity index (χ1) is 27.2. The van der Waals surface area contributed by atoms with Crippen molar-refractivity contribution in [3.63, 3.8) is 0 Å². The molecule has 0 amide bonds. The van der Waals surface area contributed by atoms with Crippen molar-refractivity contribution in [1.29, 1.82) is 0 Å². The van der Waals surface area contributed by atoms with Crippen LogP contribution in [-0.2, 0) is 53.1 Å². The van der Waals surface area contributed by atoms with Gasteiger partial charge in [-0.2, -0.15) is 0 Å². The van der Waals surface area contributed by atoms with Crippen LogP contribution in [-0.4, -0.2) is 92.7 Å². The second kappa shape index (κ2) is 18.4. The van der Waals surface area contributed by atoms with Crippen LogP contribution in [0.3, 0.4) is 0 Å². The fraction of sp³-hybridized carbons (Fsp3) is 0.674. The number of esters is 1. The summed E-state index contributed by atoms with van der Waals surface area (Å²) in [6.45, 7) is 35.4. The molecule has 59 heavy (non-hydrogen) atoms. The molecule has 330 valence electrons. The van der Waals surface area contributed by atoms with Crippen molar-refractivity contribution in [1.82, 2.24) is 0 Å². The topological polar surface area (TPSA) is 100 Å². The second-order valence-corrected chi connectivity index (χ2v) is 35.3. The van der Waals surface area contributed by atoms with Gasteiger partial charge >= 0.3 is 5.97 Å². The SMILES string of the molecule is CC(=O)O[C@@H]1C=C[C@@H](O[C@@H]2O[C@@H]3CO[C@@H](c4ccccc4)O[C@H]3[C@H](O[Si](C)(C)C(C)(C)C)[C@H]2O[Si](C)(C)C(C)(C)C)[C@H](OCc2ccccc2)[C@H]1O[Si](C)(C)C(C)(C)C. The molecule has 13 heteroatoms. The van der Waals surface area contributed by atoms with E-state index >= 15 is 0 Å². The van der Waals surface area contributed by atoms with E-state index in [2.05, 4.69) is 102 Å². The Morgan fingerprint density at radius 1 is 0.644 bits per heavy atom. The lowest BCUT2D eigenvalue weighted by Crippen LogP contribution is -2.68. The summed E-state index contributed by atoms with van der Waals surface area (Å²) < 4.78 is 62.5. The van der Waals surface area contributed by atoms with Crippen molar-refractivity contribution in [3.8, 4) is 0 Å². The van der Waals surface area contributed by atoms with Crippen molar-refractivity contribution in [2.45, 2.75) is 192 Å². The van der Waals surface area contributed by atoms with Gasteiger partial charge in [-0.1, -0.05) is 129 Å². The number of benzene rings is 2. The number of carbonyl (C=O) groups is 1. The van der Waals surface area contributed by atoms with Crippen LogP contribution in [0.2, 0.25) is 54.4 Å². The number of rotatable bonds is 13. The molecular formula is C46H74O10Si3. The summed E-state index contributed by atoms with van der Waals surface area (Å²) in [5.74, 6) is -0.397. The molecule has 0 spiro atoms. The number of hydrogen-bond acceptors (Lipinski definition) is 10. The third-order valence-electron chi connectivity index (χ3n) is 13.4. The summed E-state index contributed by atoms with van der Waals surface area (Å²) in [4.78, 5) is 12.6. The van der Waals surface area contributed by atoms with Gasteiger partial charge in [-0.05, 0) is 66.0 Å². The van der Waals surface area contributed by atoms with Gasteiger partial charge in [0.25, 0.3) is 0 Å². The molecule has 0 bridgehead atoms. The largest absolute Gasteiger partial charge is 0.455 e. The first-order valence-corrected chi connectivity index (χ1v) is 30.1. The van der Waals surface area contributed by atoms with Gasteiger partial charge in [-0.3, -0.25) is 4.79 Å². The maximum atomic E-state index is 12.6. The molecule has 5 rings (SSSR count). The van der Waals surface area contributed by atoms with E-state index in [1.807, 2.05) is 72.8 Å². The summed E-state index contributed by atoms with van der Waals surface area (Å²) in [5, 5.41) is -0.374. The van der Waals surface area contributed by atoms with Gasteiger partial charge in [0, 0.05) is 12.5 Å². The van der Waals surface area contributed by atoms with E-state index in [4.69, 9.17) is 41.7 Å². The molecule has 0 aromatic heterocycles. The Kier molecular flexibility index (Phi) is 15.0. The van der Waals surface area contributed by atoms with E-state index in [0.29, 0.717) is 6.61 Å². The molecule has 0 N–H and O–H groups in total. The summed E-state index contributed by atoms with van der Waals surface area (Å²) in [6.07, 6.45) is -2.66. The van der Waals surface area contributed by atoms with E-state index < -0.39 is 92.3 Å². The third kappa shape index (κ3) is 11.5. The maximum absolute atomic E-state index is 12.6. The minimum absolute atomic E-state index is 0.106. The highest BCUT2D eigenvalue weighted by atomic mass is 28.4. The fourth-order valence-electron chi connectivity index (χ4n) is 6.72. The first kappa shape index (κ1) is 48.0. The normalized spacial score (nSPS) is 29.8. The third-order valence-corrected chi connectivity index (χ3v) is 26.8. The van der Waals surface area contributed by atoms with Crippen LogP contribution in [0.4, 0.5) is 0 Å². The van der Waals surface area contributed by atoms with Gasteiger partial charge in [0.1, 0.15) is 48.8 Å². The molecule has 0 radical (unpaired) electrons. The van der Waals surface area contributed by atoms with Crippen LogP contribution in [0, 0.1) is 0 Å². The molecule has 2 saturated heterocycles. The van der Waals surface area contributed by atoms with Crippen LogP contribution < -0.4 is 0 Å². The predicted octanol–water partition coefficient (Wildman–Crippen LogP) is 10.5. The average molecular weight is 871 g/mol. The van der Waals surface area contributed by atoms with Crippen LogP contribution in [0.25, 0.3) is 0 Å². The lowest BCUT2D eigenvalue weighted by Gasteiger charge is -2.54. The average Bonchev–Trinajstić information content (AvgIpc) is 3.12. The van der Waals surface area contributed by atoms with Gasteiger partial charge in [-0.15, -0.1) is 0 Å². The molecule has 10 nitrogen and oxygen atoms in total. The predicted molar refractivity (Wildman–Crippen MR) is 239 cm³/mol. The molecule has 0 saturated carbocycles. The first-order valence-electron chi connectivity index (χ1n) is 21.4. The van der Waals surface area contributed by atoms with Gasteiger partial charge in [-0.25, -0.2) is 0 Å². The molecule has 10 atom stereocenters. The summed E-state index contributed by atoms with van der Waals surface area (Å²) >= 11 is 0.